The van der Waals surface area contributed by atoms with Gasteiger partial charge in [0.05, 0.1) is 19.5 Å². The standard InChI is InChI=1S/C35H33N3O6S/c1-22(39)24-13-15-27(16-14-24)36-33(40)23(2)45-29-19-17-28(18-20-29)37-35(42)30(38-34(41)25-9-6-5-7-10-25)21-26-11-8-12-31(43-3)32(26)44-4/h5-21,23H,1-4H3,(H,36,40)(H,37,42)(H,38,41)/b30-21-. The van der Waals surface area contributed by atoms with E-state index in [9.17, 15) is 19.2 Å². The largest absolute Gasteiger partial charge is 0.493 e. The highest BCUT2D eigenvalue weighted by Crippen LogP contribution is 2.32. The number of carbonyl (C=O) groups is 4. The van der Waals surface area contributed by atoms with Gasteiger partial charge in [-0.3, -0.25) is 19.2 Å². The third-order valence-electron chi connectivity index (χ3n) is 6.62. The molecule has 0 saturated heterocycles. The Kier molecular flexibility index (Phi) is 11.1. The lowest BCUT2D eigenvalue weighted by Crippen LogP contribution is -2.30. The third-order valence-corrected chi connectivity index (χ3v) is 7.73. The number of anilines is 2. The summed E-state index contributed by atoms with van der Waals surface area (Å²) in [6.07, 6.45) is 1.52. The van der Waals surface area contributed by atoms with E-state index in [2.05, 4.69) is 16.0 Å². The molecule has 0 aliphatic heterocycles. The topological polar surface area (TPSA) is 123 Å². The van der Waals surface area contributed by atoms with Crippen molar-refractivity contribution < 1.29 is 28.7 Å². The molecule has 230 valence electrons. The molecule has 9 nitrogen and oxygen atoms in total. The van der Waals surface area contributed by atoms with Crippen LogP contribution in [0.15, 0.2) is 108 Å². The number of carbonyl (C=O) groups excluding carboxylic acids is 4. The number of para-hydroxylation sites is 1. The molecule has 0 radical (unpaired) electrons. The van der Waals surface area contributed by atoms with Gasteiger partial charge in [0.2, 0.25) is 5.91 Å². The zero-order valence-electron chi connectivity index (χ0n) is 25.3. The Morgan fingerprint density at radius 3 is 2.00 bits per heavy atom. The number of ketones is 1. The van der Waals surface area contributed by atoms with Gasteiger partial charge in [-0.1, -0.05) is 30.3 Å². The normalized spacial score (nSPS) is 11.6. The van der Waals surface area contributed by atoms with E-state index in [1.54, 1.807) is 104 Å². The van der Waals surface area contributed by atoms with E-state index in [4.69, 9.17) is 9.47 Å². The van der Waals surface area contributed by atoms with Crippen LogP contribution >= 0.6 is 11.8 Å². The van der Waals surface area contributed by atoms with Gasteiger partial charge in [0.15, 0.2) is 17.3 Å². The van der Waals surface area contributed by atoms with Gasteiger partial charge < -0.3 is 25.4 Å². The van der Waals surface area contributed by atoms with Gasteiger partial charge >= 0.3 is 0 Å². The third kappa shape index (κ3) is 8.84. The van der Waals surface area contributed by atoms with Gasteiger partial charge in [-0.15, -0.1) is 11.8 Å². The zero-order valence-corrected chi connectivity index (χ0v) is 26.1. The van der Waals surface area contributed by atoms with Crippen LogP contribution in [0.4, 0.5) is 11.4 Å². The Labute approximate surface area is 266 Å². The Morgan fingerprint density at radius 1 is 0.733 bits per heavy atom. The van der Waals surface area contributed by atoms with Crippen LogP contribution < -0.4 is 25.4 Å². The fraction of sp³-hybridized carbons (Fsp3) is 0.143. The Hall–Kier alpha value is -5.35. The zero-order chi connectivity index (χ0) is 32.3. The molecule has 0 heterocycles. The molecule has 4 aromatic rings. The van der Waals surface area contributed by atoms with Crippen molar-refractivity contribution in [2.45, 2.75) is 24.0 Å². The Balaban J connectivity index is 1.47. The average Bonchev–Trinajstić information content (AvgIpc) is 3.05. The second kappa shape index (κ2) is 15.4. The first-order valence-corrected chi connectivity index (χ1v) is 14.9. The number of amides is 3. The van der Waals surface area contributed by atoms with Gasteiger partial charge in [0.1, 0.15) is 5.70 Å². The summed E-state index contributed by atoms with van der Waals surface area (Å²) in [5, 5.41) is 7.98. The lowest BCUT2D eigenvalue weighted by atomic mass is 10.1. The van der Waals surface area contributed by atoms with E-state index >= 15 is 0 Å². The highest BCUT2D eigenvalue weighted by molar-refractivity contribution is 8.00. The van der Waals surface area contributed by atoms with Crippen molar-refractivity contribution >= 4 is 52.7 Å². The number of nitrogens with one attached hydrogen (secondary N) is 3. The lowest BCUT2D eigenvalue weighted by Gasteiger charge is -2.15. The minimum Gasteiger partial charge on any atom is -0.493 e. The van der Waals surface area contributed by atoms with Gasteiger partial charge in [0.25, 0.3) is 11.8 Å². The van der Waals surface area contributed by atoms with Crippen molar-refractivity contribution in [3.63, 3.8) is 0 Å². The molecule has 0 aromatic heterocycles. The number of methoxy groups -OCH3 is 2. The van der Waals surface area contributed by atoms with E-state index in [1.165, 1.54) is 39.0 Å². The first-order valence-electron chi connectivity index (χ1n) is 14.0. The predicted octanol–water partition coefficient (Wildman–Crippen LogP) is 6.44. The summed E-state index contributed by atoms with van der Waals surface area (Å²) in [4.78, 5) is 51.5. The number of hydrogen-bond acceptors (Lipinski definition) is 7. The number of ether oxygens (including phenoxy) is 2. The number of thioether (sulfide) groups is 1. The molecule has 0 saturated carbocycles. The number of Topliss-reactive ketones (excluding diaryl/α,β-unsaturated/α-hetero) is 1. The van der Waals surface area contributed by atoms with Gasteiger partial charge in [0, 0.05) is 33.0 Å². The molecular weight excluding hydrogens is 590 g/mol. The predicted molar refractivity (Wildman–Crippen MR) is 177 cm³/mol. The fourth-order valence-corrected chi connectivity index (χ4v) is 5.10. The van der Waals surface area contributed by atoms with Crippen LogP contribution in [0, 0.1) is 0 Å². The van der Waals surface area contributed by atoms with Gasteiger partial charge in [-0.2, -0.15) is 0 Å². The van der Waals surface area contributed by atoms with Crippen LogP contribution in [0.2, 0.25) is 0 Å². The summed E-state index contributed by atoms with van der Waals surface area (Å²) in [7, 11) is 3.01. The van der Waals surface area contributed by atoms with Crippen LogP contribution in [0.3, 0.4) is 0 Å². The second-order valence-corrected chi connectivity index (χ2v) is 11.2. The van der Waals surface area contributed by atoms with Crippen molar-refractivity contribution in [3.8, 4) is 11.5 Å². The average molecular weight is 624 g/mol. The van der Waals surface area contributed by atoms with Crippen molar-refractivity contribution in [2.24, 2.45) is 0 Å². The second-order valence-electron chi connectivity index (χ2n) is 9.82. The molecular formula is C35H33N3O6S. The molecule has 0 fully saturated rings. The molecule has 45 heavy (non-hydrogen) atoms. The van der Waals surface area contributed by atoms with Crippen LogP contribution in [0.25, 0.3) is 6.08 Å². The number of benzene rings is 4. The summed E-state index contributed by atoms with van der Waals surface area (Å²) in [5.74, 6) is -0.350. The summed E-state index contributed by atoms with van der Waals surface area (Å²) in [6.45, 7) is 3.28. The quantitative estimate of drug-likeness (QED) is 0.0944. The molecule has 0 bridgehead atoms. The van der Waals surface area contributed by atoms with Crippen molar-refractivity contribution in [1.82, 2.24) is 5.32 Å². The van der Waals surface area contributed by atoms with Crippen molar-refractivity contribution in [1.29, 1.82) is 0 Å². The first-order chi connectivity index (χ1) is 21.7. The summed E-state index contributed by atoms with van der Waals surface area (Å²) >= 11 is 1.36. The molecule has 10 heteroatoms. The monoisotopic (exact) mass is 623 g/mol. The van der Waals surface area contributed by atoms with E-state index < -0.39 is 17.1 Å². The first kappa shape index (κ1) is 32.6. The van der Waals surface area contributed by atoms with Gasteiger partial charge in [-0.05, 0) is 86.7 Å². The molecule has 0 spiro atoms. The number of hydrogen-bond donors (Lipinski definition) is 3. The number of rotatable bonds is 12. The Bertz CT molecular complexity index is 1700. The minimum atomic E-state index is -0.548. The van der Waals surface area contributed by atoms with Crippen molar-refractivity contribution in [2.75, 3.05) is 24.9 Å². The van der Waals surface area contributed by atoms with E-state index in [0.717, 1.165) is 4.90 Å². The SMILES string of the molecule is COc1cccc(/C=C(\NC(=O)c2ccccc2)C(=O)Nc2ccc(SC(C)C(=O)Nc3ccc(C(C)=O)cc3)cc2)c1OC. The molecule has 3 amide bonds. The van der Waals surface area contributed by atoms with E-state index in [-0.39, 0.29) is 17.4 Å². The smallest absolute Gasteiger partial charge is 0.272 e. The maximum atomic E-state index is 13.5. The fourth-order valence-electron chi connectivity index (χ4n) is 4.23. The molecule has 4 rings (SSSR count). The molecule has 0 aliphatic rings. The van der Waals surface area contributed by atoms with E-state index in [1.807, 2.05) is 0 Å². The van der Waals surface area contributed by atoms with Crippen LogP contribution in [0.1, 0.15) is 40.1 Å². The summed E-state index contributed by atoms with van der Waals surface area (Å²) < 4.78 is 10.9. The summed E-state index contributed by atoms with van der Waals surface area (Å²) in [6, 6.07) is 27.6. The highest BCUT2D eigenvalue weighted by atomic mass is 32.2. The Morgan fingerprint density at radius 2 is 1.38 bits per heavy atom. The van der Waals surface area contributed by atoms with Crippen molar-refractivity contribution in [3.05, 3.63) is 119 Å². The lowest BCUT2D eigenvalue weighted by molar-refractivity contribution is -0.115. The highest BCUT2D eigenvalue weighted by Gasteiger charge is 2.18. The van der Waals surface area contributed by atoms with Crippen LogP contribution in [0.5, 0.6) is 11.5 Å². The molecule has 3 N–H and O–H groups in total. The van der Waals surface area contributed by atoms with E-state index in [0.29, 0.717) is 39.6 Å². The molecule has 4 aromatic carbocycles. The maximum Gasteiger partial charge on any atom is 0.272 e. The van der Waals surface area contributed by atoms with Crippen LogP contribution in [-0.4, -0.2) is 43.0 Å². The summed E-state index contributed by atoms with van der Waals surface area (Å²) in [5.41, 5.74) is 2.58. The molecule has 0 aliphatic carbocycles. The van der Waals surface area contributed by atoms with Gasteiger partial charge in [-0.25, -0.2) is 0 Å². The minimum absolute atomic E-state index is 0.00418. The maximum absolute atomic E-state index is 13.5. The molecule has 1 atom stereocenters. The molecule has 1 unspecified atom stereocenters. The van der Waals surface area contributed by atoms with Crippen LogP contribution in [-0.2, 0) is 9.59 Å².